The first-order valence-corrected chi connectivity index (χ1v) is 10.5. The van der Waals surface area contributed by atoms with Crippen LogP contribution in [0.3, 0.4) is 0 Å². The number of benzene rings is 1. The van der Waals surface area contributed by atoms with Gasteiger partial charge in [0, 0.05) is 40.0 Å². The molecule has 0 saturated carbocycles. The lowest BCUT2D eigenvalue weighted by molar-refractivity contribution is 0.129. The van der Waals surface area contributed by atoms with Crippen molar-refractivity contribution < 1.29 is 8.95 Å². The summed E-state index contributed by atoms with van der Waals surface area (Å²) in [6.45, 7) is 16.0. The highest BCUT2D eigenvalue weighted by atomic mass is 127. The van der Waals surface area contributed by atoms with Crippen LogP contribution in [0.25, 0.3) is 0 Å². The second kappa shape index (κ2) is 11.9. The zero-order valence-corrected chi connectivity index (χ0v) is 20.9. The Labute approximate surface area is 184 Å². The summed E-state index contributed by atoms with van der Waals surface area (Å²) in [5, 5.41) is 6.50. The van der Waals surface area contributed by atoms with Gasteiger partial charge in [0.25, 0.3) is 0 Å². The van der Waals surface area contributed by atoms with Crippen molar-refractivity contribution in [3.8, 4) is 5.75 Å². The standard InChI is InChI=1S/C20H35N3O2S.HI/c1-8-21-18(22-13-14-26(24)20(5,6)7)23-15-16-11-9-10-12-17(16)25-19(2,3)4;/h9-12H,8,13-15H2,1-7H3,(H2,21,22,23);1H. The van der Waals surface area contributed by atoms with Gasteiger partial charge in [0.15, 0.2) is 5.96 Å². The van der Waals surface area contributed by atoms with Gasteiger partial charge in [-0.3, -0.25) is 4.21 Å². The fourth-order valence-electron chi connectivity index (χ4n) is 2.14. The van der Waals surface area contributed by atoms with Crippen LogP contribution in [0.1, 0.15) is 54.0 Å². The highest BCUT2D eigenvalue weighted by Crippen LogP contribution is 2.23. The lowest BCUT2D eigenvalue weighted by atomic mass is 10.1. The topological polar surface area (TPSA) is 62.7 Å². The van der Waals surface area contributed by atoms with Crippen molar-refractivity contribution in [1.29, 1.82) is 0 Å². The van der Waals surface area contributed by atoms with E-state index in [1.807, 2.05) is 72.7 Å². The van der Waals surface area contributed by atoms with Crippen molar-refractivity contribution in [3.05, 3.63) is 29.8 Å². The summed E-state index contributed by atoms with van der Waals surface area (Å²) in [5.41, 5.74) is 0.789. The van der Waals surface area contributed by atoms with Gasteiger partial charge in [0.05, 0.1) is 6.54 Å². The Morgan fingerprint density at radius 3 is 2.30 bits per heavy atom. The Bertz CT molecular complexity index is 622. The first-order chi connectivity index (χ1) is 12.0. The summed E-state index contributed by atoms with van der Waals surface area (Å²) >= 11 is 0. The number of nitrogens with zero attached hydrogens (tertiary/aromatic N) is 1. The molecule has 5 nitrogen and oxygen atoms in total. The Kier molecular flexibility index (Phi) is 11.5. The van der Waals surface area contributed by atoms with Crippen molar-refractivity contribution in [2.24, 2.45) is 4.99 Å². The molecule has 1 aromatic rings. The molecule has 1 rings (SSSR count). The number of nitrogens with one attached hydrogen (secondary N) is 2. The van der Waals surface area contributed by atoms with Crippen molar-refractivity contribution in [1.82, 2.24) is 10.6 Å². The van der Waals surface area contributed by atoms with E-state index < -0.39 is 10.8 Å². The van der Waals surface area contributed by atoms with Gasteiger partial charge >= 0.3 is 0 Å². The Morgan fingerprint density at radius 1 is 1.11 bits per heavy atom. The van der Waals surface area contributed by atoms with Crippen molar-refractivity contribution in [2.45, 2.75) is 65.4 Å². The largest absolute Gasteiger partial charge is 0.488 e. The minimum Gasteiger partial charge on any atom is -0.488 e. The smallest absolute Gasteiger partial charge is 0.191 e. The monoisotopic (exact) mass is 509 g/mol. The van der Waals surface area contributed by atoms with Gasteiger partial charge < -0.3 is 15.4 Å². The van der Waals surface area contributed by atoms with E-state index in [4.69, 9.17) is 4.74 Å². The predicted octanol–water partition coefficient (Wildman–Crippen LogP) is 4.08. The van der Waals surface area contributed by atoms with Crippen LogP contribution in [0.15, 0.2) is 29.3 Å². The van der Waals surface area contributed by atoms with Gasteiger partial charge in [-0.1, -0.05) is 18.2 Å². The summed E-state index contributed by atoms with van der Waals surface area (Å²) in [7, 11) is -0.878. The lowest BCUT2D eigenvalue weighted by Crippen LogP contribution is -2.40. The van der Waals surface area contributed by atoms with E-state index in [1.54, 1.807) is 0 Å². The van der Waals surface area contributed by atoms with Crippen LogP contribution >= 0.6 is 24.0 Å². The molecule has 0 spiro atoms. The summed E-state index contributed by atoms with van der Waals surface area (Å²) < 4.78 is 18.0. The molecule has 156 valence electrons. The first-order valence-electron chi connectivity index (χ1n) is 9.20. The molecule has 0 saturated heterocycles. The molecule has 0 amide bonds. The number of hydrogen-bond acceptors (Lipinski definition) is 3. The fraction of sp³-hybridized carbons (Fsp3) is 0.650. The molecule has 2 N–H and O–H groups in total. The van der Waals surface area contributed by atoms with Crippen LogP contribution in [0, 0.1) is 0 Å². The number of aliphatic imine (C=N–C) groups is 1. The molecule has 0 radical (unpaired) electrons. The minimum absolute atomic E-state index is 0. The van der Waals surface area contributed by atoms with Crippen LogP contribution in [-0.4, -0.2) is 39.4 Å². The van der Waals surface area contributed by atoms with E-state index in [0.29, 0.717) is 18.8 Å². The van der Waals surface area contributed by atoms with Crippen LogP contribution in [-0.2, 0) is 17.3 Å². The normalized spacial score (nSPS) is 13.5. The van der Waals surface area contributed by atoms with Crippen LogP contribution < -0.4 is 15.4 Å². The number of guanidine groups is 1. The number of halogens is 1. The summed E-state index contributed by atoms with van der Waals surface area (Å²) in [5.74, 6) is 2.18. The highest BCUT2D eigenvalue weighted by Gasteiger charge is 2.18. The maximum Gasteiger partial charge on any atom is 0.191 e. The van der Waals surface area contributed by atoms with Crippen molar-refractivity contribution >= 4 is 40.7 Å². The van der Waals surface area contributed by atoms with E-state index in [0.717, 1.165) is 23.8 Å². The zero-order chi connectivity index (χ0) is 19.8. The second-order valence-corrected chi connectivity index (χ2v) is 10.4. The van der Waals surface area contributed by atoms with E-state index in [2.05, 4.69) is 15.6 Å². The quantitative estimate of drug-likeness (QED) is 0.330. The third-order valence-corrected chi connectivity index (χ3v) is 5.34. The molecule has 0 aliphatic heterocycles. The molecule has 0 bridgehead atoms. The Balaban J connectivity index is 0.00000676. The van der Waals surface area contributed by atoms with Crippen molar-refractivity contribution in [2.75, 3.05) is 18.8 Å². The summed E-state index contributed by atoms with van der Waals surface area (Å²) in [6, 6.07) is 7.97. The van der Waals surface area contributed by atoms with Crippen LogP contribution in [0.5, 0.6) is 5.75 Å². The zero-order valence-electron chi connectivity index (χ0n) is 17.7. The highest BCUT2D eigenvalue weighted by molar-refractivity contribution is 14.0. The molecule has 0 aliphatic carbocycles. The number of rotatable bonds is 7. The molecule has 0 aromatic heterocycles. The van der Waals surface area contributed by atoms with E-state index >= 15 is 0 Å². The van der Waals surface area contributed by atoms with Crippen LogP contribution in [0.2, 0.25) is 0 Å². The van der Waals surface area contributed by atoms with Gasteiger partial charge in [-0.15, -0.1) is 24.0 Å². The molecule has 1 unspecified atom stereocenters. The molecular weight excluding hydrogens is 473 g/mol. The molecule has 0 aliphatic rings. The molecule has 7 heteroatoms. The number of hydrogen-bond donors (Lipinski definition) is 2. The molecule has 0 heterocycles. The summed E-state index contributed by atoms with van der Waals surface area (Å²) in [4.78, 5) is 4.65. The third-order valence-electron chi connectivity index (χ3n) is 3.40. The van der Waals surface area contributed by atoms with Gasteiger partial charge in [0.2, 0.25) is 0 Å². The molecule has 1 atom stereocenters. The van der Waals surface area contributed by atoms with E-state index in [1.165, 1.54) is 0 Å². The van der Waals surface area contributed by atoms with Gasteiger partial charge in [0.1, 0.15) is 11.4 Å². The minimum atomic E-state index is -0.878. The molecule has 1 aromatic carbocycles. The van der Waals surface area contributed by atoms with Crippen LogP contribution in [0.4, 0.5) is 0 Å². The second-order valence-electron chi connectivity index (χ2n) is 8.11. The average molecular weight is 509 g/mol. The first kappa shape index (κ1) is 26.2. The predicted molar refractivity (Wildman–Crippen MR) is 128 cm³/mol. The number of ether oxygens (including phenoxy) is 1. The Morgan fingerprint density at radius 2 is 1.74 bits per heavy atom. The fourth-order valence-corrected chi connectivity index (χ4v) is 3.04. The molecular formula is C20H36IN3O2S. The maximum absolute atomic E-state index is 12.2. The van der Waals surface area contributed by atoms with Gasteiger partial charge in [-0.05, 0) is 54.5 Å². The third kappa shape index (κ3) is 10.9. The van der Waals surface area contributed by atoms with Gasteiger partial charge in [-0.2, -0.15) is 0 Å². The maximum atomic E-state index is 12.2. The molecule has 27 heavy (non-hydrogen) atoms. The summed E-state index contributed by atoms with van der Waals surface area (Å²) in [6.07, 6.45) is 0. The SMILES string of the molecule is CCNC(=NCc1ccccc1OC(C)(C)C)NCCS(=O)C(C)(C)C.I. The van der Waals surface area contributed by atoms with E-state index in [9.17, 15) is 4.21 Å². The average Bonchev–Trinajstić information content (AvgIpc) is 2.51. The number of para-hydroxylation sites is 1. The van der Waals surface area contributed by atoms with E-state index in [-0.39, 0.29) is 34.3 Å². The lowest BCUT2D eigenvalue weighted by Gasteiger charge is -2.23. The van der Waals surface area contributed by atoms with Crippen molar-refractivity contribution in [3.63, 3.8) is 0 Å². The van der Waals surface area contributed by atoms with Gasteiger partial charge in [-0.25, -0.2) is 4.99 Å². The molecule has 0 fully saturated rings. The Hall–Kier alpha value is -0.830.